The van der Waals surface area contributed by atoms with Gasteiger partial charge in [0.15, 0.2) is 0 Å². The third-order valence-electron chi connectivity index (χ3n) is 6.05. The lowest BCUT2D eigenvalue weighted by Crippen LogP contribution is -2.18. The fraction of sp³-hybridized carbons (Fsp3) is 0.188. The predicted molar refractivity (Wildman–Crippen MR) is 147 cm³/mol. The maximum Gasteiger partial charge on any atom is 0.271 e. The minimum Gasteiger partial charge on any atom is -0.489 e. The van der Waals surface area contributed by atoms with Gasteiger partial charge in [0, 0.05) is 17.7 Å². The Morgan fingerprint density at radius 1 is 0.806 bits per heavy atom. The molecule has 0 aliphatic heterocycles. The zero-order valence-corrected chi connectivity index (χ0v) is 21.0. The van der Waals surface area contributed by atoms with E-state index < -0.39 is 0 Å². The second-order valence-electron chi connectivity index (χ2n) is 9.78. The minimum atomic E-state index is -0.253. The van der Waals surface area contributed by atoms with E-state index in [4.69, 9.17) is 4.74 Å². The number of amides is 1. The van der Waals surface area contributed by atoms with Crippen LogP contribution in [0, 0.1) is 0 Å². The molecule has 4 rings (SSSR count). The number of hydrazone groups is 1. The lowest BCUT2D eigenvalue weighted by Gasteiger charge is -2.19. The number of nitrogens with zero attached hydrogens (tertiary/aromatic N) is 1. The summed E-state index contributed by atoms with van der Waals surface area (Å²) < 4.78 is 5.91. The molecule has 0 aromatic heterocycles. The van der Waals surface area contributed by atoms with Crippen molar-refractivity contribution in [2.45, 2.75) is 38.7 Å². The van der Waals surface area contributed by atoms with Crippen LogP contribution in [0.25, 0.3) is 0 Å². The Morgan fingerprint density at radius 3 is 1.89 bits per heavy atom. The van der Waals surface area contributed by atoms with Crippen molar-refractivity contribution in [2.24, 2.45) is 5.10 Å². The van der Waals surface area contributed by atoms with Crippen molar-refractivity contribution in [2.75, 3.05) is 0 Å². The molecule has 4 nitrogen and oxygen atoms in total. The van der Waals surface area contributed by atoms with Crippen LogP contribution >= 0.6 is 0 Å². The molecule has 4 aromatic rings. The first-order chi connectivity index (χ1) is 17.4. The fourth-order valence-electron chi connectivity index (χ4n) is 3.89. The predicted octanol–water partition coefficient (Wildman–Crippen LogP) is 7.11. The van der Waals surface area contributed by atoms with Crippen molar-refractivity contribution in [1.82, 2.24) is 5.43 Å². The van der Waals surface area contributed by atoms with Crippen LogP contribution in [-0.4, -0.2) is 12.1 Å². The third-order valence-corrected chi connectivity index (χ3v) is 6.05. The van der Waals surface area contributed by atoms with E-state index in [0.717, 1.165) is 22.4 Å². The lowest BCUT2D eigenvalue weighted by atomic mass is 9.87. The average molecular weight is 477 g/mol. The normalized spacial score (nSPS) is 11.6. The number of hydrogen-bond acceptors (Lipinski definition) is 3. The number of hydrogen-bond donors (Lipinski definition) is 1. The summed E-state index contributed by atoms with van der Waals surface area (Å²) in [4.78, 5) is 12.6. The molecule has 4 aromatic carbocycles. The number of benzene rings is 4. The van der Waals surface area contributed by atoms with E-state index in [0.29, 0.717) is 12.2 Å². The van der Waals surface area contributed by atoms with E-state index in [1.165, 1.54) is 5.56 Å². The smallest absolute Gasteiger partial charge is 0.271 e. The Hall–Kier alpha value is -4.18. The van der Waals surface area contributed by atoms with Crippen molar-refractivity contribution in [3.63, 3.8) is 0 Å². The van der Waals surface area contributed by atoms with E-state index in [2.05, 4.69) is 67.7 Å². The van der Waals surface area contributed by atoms with Crippen LogP contribution in [0.3, 0.4) is 0 Å². The monoisotopic (exact) mass is 476 g/mol. The Kier molecular flexibility index (Phi) is 7.96. The highest BCUT2D eigenvalue weighted by Gasteiger charge is 2.13. The van der Waals surface area contributed by atoms with Gasteiger partial charge in [-0.05, 0) is 51.9 Å². The maximum atomic E-state index is 12.6. The molecule has 4 heteroatoms. The molecule has 0 saturated carbocycles. The van der Waals surface area contributed by atoms with Crippen LogP contribution in [0.2, 0.25) is 0 Å². The summed E-state index contributed by atoms with van der Waals surface area (Å²) in [6.45, 7) is 7.01. The topological polar surface area (TPSA) is 50.7 Å². The van der Waals surface area contributed by atoms with Crippen LogP contribution in [0.5, 0.6) is 5.75 Å². The summed E-state index contributed by atoms with van der Waals surface area (Å²) >= 11 is 0. The molecule has 0 saturated heterocycles. The Balaban J connectivity index is 1.35. The Bertz CT molecular complexity index is 1230. The first-order valence-electron chi connectivity index (χ1n) is 12.2. The largest absolute Gasteiger partial charge is 0.489 e. The summed E-state index contributed by atoms with van der Waals surface area (Å²) in [6.07, 6.45) is 1.77. The summed E-state index contributed by atoms with van der Waals surface area (Å²) in [5.41, 5.74) is 7.80. The molecule has 1 amide bonds. The first kappa shape index (κ1) is 24.9. The SMILES string of the molecule is CC(C)(C)c1ccc(OCc2ccc(C(=O)N/N=C/C(c3ccccc3)c3ccccc3)cc2)cc1. The van der Waals surface area contributed by atoms with E-state index >= 15 is 0 Å². The van der Waals surface area contributed by atoms with Gasteiger partial charge in [0.2, 0.25) is 0 Å². The molecule has 0 aliphatic rings. The van der Waals surface area contributed by atoms with Crippen molar-refractivity contribution >= 4 is 12.1 Å². The van der Waals surface area contributed by atoms with Gasteiger partial charge < -0.3 is 4.74 Å². The highest BCUT2D eigenvalue weighted by molar-refractivity contribution is 5.94. The molecule has 0 bridgehead atoms. The Morgan fingerprint density at radius 2 is 1.36 bits per heavy atom. The molecule has 0 aliphatic carbocycles. The van der Waals surface area contributed by atoms with Gasteiger partial charge >= 0.3 is 0 Å². The number of ether oxygens (including phenoxy) is 1. The van der Waals surface area contributed by atoms with E-state index in [-0.39, 0.29) is 17.2 Å². The van der Waals surface area contributed by atoms with Crippen molar-refractivity contribution in [1.29, 1.82) is 0 Å². The molecular weight excluding hydrogens is 444 g/mol. The fourth-order valence-corrected chi connectivity index (χ4v) is 3.89. The van der Waals surface area contributed by atoms with E-state index in [9.17, 15) is 4.79 Å². The van der Waals surface area contributed by atoms with Gasteiger partial charge in [-0.25, -0.2) is 5.43 Å². The van der Waals surface area contributed by atoms with Gasteiger partial charge in [-0.15, -0.1) is 0 Å². The first-order valence-corrected chi connectivity index (χ1v) is 12.2. The van der Waals surface area contributed by atoms with Crippen LogP contribution in [-0.2, 0) is 12.0 Å². The summed E-state index contributed by atoms with van der Waals surface area (Å²) in [7, 11) is 0. The molecular formula is C32H32N2O2. The average Bonchev–Trinajstić information content (AvgIpc) is 2.91. The second kappa shape index (κ2) is 11.5. The molecule has 182 valence electrons. The van der Waals surface area contributed by atoms with Crippen LogP contribution in [0.1, 0.15) is 59.3 Å². The van der Waals surface area contributed by atoms with Gasteiger partial charge in [0.1, 0.15) is 12.4 Å². The van der Waals surface area contributed by atoms with Crippen molar-refractivity contribution < 1.29 is 9.53 Å². The molecule has 0 heterocycles. The number of carbonyl (C=O) groups excluding carboxylic acids is 1. The zero-order valence-electron chi connectivity index (χ0n) is 21.0. The van der Waals surface area contributed by atoms with E-state index in [1.54, 1.807) is 18.3 Å². The molecule has 0 atom stereocenters. The highest BCUT2D eigenvalue weighted by Crippen LogP contribution is 2.25. The van der Waals surface area contributed by atoms with Crippen LogP contribution in [0.15, 0.2) is 114 Å². The summed E-state index contributed by atoms with van der Waals surface area (Å²) in [6, 6.07) is 35.8. The summed E-state index contributed by atoms with van der Waals surface area (Å²) in [5, 5.41) is 4.27. The molecule has 0 unspecified atom stereocenters. The quantitative estimate of drug-likeness (QED) is 0.218. The molecule has 0 fully saturated rings. The van der Waals surface area contributed by atoms with Crippen molar-refractivity contribution in [3.8, 4) is 5.75 Å². The minimum absolute atomic E-state index is 0.0512. The summed E-state index contributed by atoms with van der Waals surface area (Å²) in [5.74, 6) is 0.520. The lowest BCUT2D eigenvalue weighted by molar-refractivity contribution is 0.0955. The zero-order chi connectivity index (χ0) is 25.4. The highest BCUT2D eigenvalue weighted by atomic mass is 16.5. The molecule has 36 heavy (non-hydrogen) atoms. The van der Waals surface area contributed by atoms with E-state index in [1.807, 2.05) is 60.7 Å². The van der Waals surface area contributed by atoms with Gasteiger partial charge in [0.05, 0.1) is 0 Å². The van der Waals surface area contributed by atoms with Gasteiger partial charge in [0.25, 0.3) is 5.91 Å². The van der Waals surface area contributed by atoms with Crippen LogP contribution < -0.4 is 10.2 Å². The van der Waals surface area contributed by atoms with Crippen LogP contribution in [0.4, 0.5) is 0 Å². The third kappa shape index (κ3) is 6.70. The molecule has 1 N–H and O–H groups in total. The molecule has 0 spiro atoms. The van der Waals surface area contributed by atoms with Crippen molar-refractivity contribution in [3.05, 3.63) is 137 Å². The molecule has 0 radical (unpaired) electrons. The maximum absolute atomic E-state index is 12.6. The second-order valence-corrected chi connectivity index (χ2v) is 9.78. The Labute approximate surface area is 213 Å². The van der Waals surface area contributed by atoms with Gasteiger partial charge in [-0.3, -0.25) is 4.79 Å². The van der Waals surface area contributed by atoms with Gasteiger partial charge in [-0.1, -0.05) is 106 Å². The van der Waals surface area contributed by atoms with Gasteiger partial charge in [-0.2, -0.15) is 5.10 Å². The number of nitrogens with one attached hydrogen (secondary N) is 1. The number of carbonyl (C=O) groups is 1. The standard InChI is InChI=1S/C32H32N2O2/c1-32(2,3)28-18-20-29(21-19-28)36-23-24-14-16-27(17-15-24)31(35)34-33-22-30(25-10-6-4-7-11-25)26-12-8-5-9-13-26/h4-22,30H,23H2,1-3H3,(H,34,35)/b33-22+. The number of rotatable bonds is 8.